The Morgan fingerprint density at radius 2 is 2.00 bits per heavy atom. The third kappa shape index (κ3) is 1.40. The first-order valence-electron chi connectivity index (χ1n) is 4.71. The van der Waals surface area contributed by atoms with Gasteiger partial charge in [0.2, 0.25) is 0 Å². The summed E-state index contributed by atoms with van der Waals surface area (Å²) in [6, 6.07) is 0. The highest BCUT2D eigenvalue weighted by atomic mass is 31.0. The minimum atomic E-state index is 0.900. The van der Waals surface area contributed by atoms with Crippen LogP contribution in [-0.4, -0.2) is 0 Å². The van der Waals surface area contributed by atoms with E-state index in [4.69, 9.17) is 0 Å². The largest absolute Gasteiger partial charge is 0.131 e. The van der Waals surface area contributed by atoms with Crippen molar-refractivity contribution in [2.75, 3.05) is 0 Å². The van der Waals surface area contributed by atoms with Crippen LogP contribution in [-0.2, 0) is 0 Å². The summed E-state index contributed by atoms with van der Waals surface area (Å²) in [6.07, 6.45) is 5.66. The lowest BCUT2D eigenvalue weighted by molar-refractivity contribution is 1.35. The van der Waals surface area contributed by atoms with Gasteiger partial charge in [-0.1, -0.05) is 12.2 Å². The smallest absolute Gasteiger partial charge is 0.00209 e. The standard InChI is InChI=1S/C12H15P/c1-8-5-4-6-11(8)12-10(3)9(2)7-13-12/h4-5,7,13H,6H2,1-3H3. The molecule has 1 atom stereocenters. The molecule has 68 valence electrons. The molecule has 0 saturated heterocycles. The van der Waals surface area contributed by atoms with Crippen LogP contribution in [0.4, 0.5) is 0 Å². The van der Waals surface area contributed by atoms with E-state index >= 15 is 0 Å². The lowest BCUT2D eigenvalue weighted by Crippen LogP contribution is -1.82. The van der Waals surface area contributed by atoms with Gasteiger partial charge in [-0.3, -0.25) is 0 Å². The fourth-order valence-corrected chi connectivity index (χ4v) is 3.29. The van der Waals surface area contributed by atoms with Gasteiger partial charge in [0, 0.05) is 0 Å². The van der Waals surface area contributed by atoms with Gasteiger partial charge in [0.05, 0.1) is 0 Å². The molecule has 1 heterocycles. The summed E-state index contributed by atoms with van der Waals surface area (Å²) in [5.41, 5.74) is 6.02. The van der Waals surface area contributed by atoms with E-state index in [1.165, 1.54) is 16.7 Å². The first-order chi connectivity index (χ1) is 6.20. The predicted molar refractivity (Wildman–Crippen MR) is 61.8 cm³/mol. The van der Waals surface area contributed by atoms with Crippen molar-refractivity contribution in [3.8, 4) is 0 Å². The molecule has 0 aromatic carbocycles. The molecule has 0 nitrogen and oxygen atoms in total. The Morgan fingerprint density at radius 3 is 2.46 bits per heavy atom. The van der Waals surface area contributed by atoms with Crippen LogP contribution in [0.15, 0.2) is 23.5 Å². The Bertz CT molecular complexity index is 391. The zero-order chi connectivity index (χ0) is 9.42. The maximum absolute atomic E-state index is 2.36. The first-order valence-corrected chi connectivity index (χ1v) is 5.79. The van der Waals surface area contributed by atoms with Gasteiger partial charge in [-0.05, 0) is 60.6 Å². The molecule has 1 heteroatoms. The van der Waals surface area contributed by atoms with Crippen LogP contribution in [0.2, 0.25) is 0 Å². The molecule has 0 radical (unpaired) electrons. The summed E-state index contributed by atoms with van der Waals surface area (Å²) < 4.78 is 0. The van der Waals surface area contributed by atoms with Gasteiger partial charge in [-0.15, -0.1) is 8.19 Å². The van der Waals surface area contributed by atoms with Crippen molar-refractivity contribution < 1.29 is 0 Å². The second-order valence-corrected chi connectivity index (χ2v) is 4.82. The molecule has 1 aliphatic rings. The van der Waals surface area contributed by atoms with E-state index < -0.39 is 0 Å². The molecule has 0 N–H and O–H groups in total. The fourth-order valence-electron chi connectivity index (χ4n) is 1.82. The monoisotopic (exact) mass is 190 g/mol. The lowest BCUT2D eigenvalue weighted by Gasteiger charge is -2.03. The average Bonchev–Trinajstić information content (AvgIpc) is 2.62. The Morgan fingerprint density at radius 1 is 1.23 bits per heavy atom. The maximum atomic E-state index is 2.36. The molecule has 1 aromatic heterocycles. The molecule has 0 bridgehead atoms. The molecule has 1 aromatic rings. The highest BCUT2D eigenvalue weighted by molar-refractivity contribution is 7.31. The van der Waals surface area contributed by atoms with E-state index in [1.54, 1.807) is 10.9 Å². The topological polar surface area (TPSA) is 0 Å². The van der Waals surface area contributed by atoms with Crippen molar-refractivity contribution in [1.82, 2.24) is 0 Å². The van der Waals surface area contributed by atoms with Gasteiger partial charge in [0.1, 0.15) is 0 Å². The molecule has 1 aliphatic carbocycles. The van der Waals surface area contributed by atoms with Crippen molar-refractivity contribution in [2.45, 2.75) is 27.2 Å². The third-order valence-electron chi connectivity index (χ3n) is 2.87. The van der Waals surface area contributed by atoms with Gasteiger partial charge in [0.25, 0.3) is 0 Å². The van der Waals surface area contributed by atoms with Crippen molar-refractivity contribution in [3.05, 3.63) is 39.9 Å². The summed E-state index contributed by atoms with van der Waals surface area (Å²) >= 11 is 0. The second-order valence-electron chi connectivity index (χ2n) is 3.74. The third-order valence-corrected chi connectivity index (χ3v) is 4.41. The van der Waals surface area contributed by atoms with Gasteiger partial charge in [-0.25, -0.2) is 0 Å². The van der Waals surface area contributed by atoms with E-state index in [9.17, 15) is 0 Å². The van der Waals surface area contributed by atoms with Crippen molar-refractivity contribution in [1.29, 1.82) is 0 Å². The molecular formula is C12H15P. The molecule has 0 amide bonds. The number of allylic oxidation sites excluding steroid dienone is 4. The van der Waals surface area contributed by atoms with Gasteiger partial charge < -0.3 is 0 Å². The number of rotatable bonds is 1. The zero-order valence-corrected chi connectivity index (χ0v) is 9.44. The van der Waals surface area contributed by atoms with Gasteiger partial charge in [-0.2, -0.15) is 0 Å². The summed E-state index contributed by atoms with van der Waals surface area (Å²) in [5, 5.41) is 1.60. The van der Waals surface area contributed by atoms with Crippen LogP contribution >= 0.6 is 8.19 Å². The van der Waals surface area contributed by atoms with Crippen molar-refractivity contribution in [2.24, 2.45) is 0 Å². The molecule has 13 heavy (non-hydrogen) atoms. The van der Waals surface area contributed by atoms with Gasteiger partial charge in [0.15, 0.2) is 0 Å². The predicted octanol–water partition coefficient (Wildman–Crippen LogP) is 4.07. The minimum Gasteiger partial charge on any atom is -0.131 e. The average molecular weight is 190 g/mol. The summed E-state index contributed by atoms with van der Waals surface area (Å²) in [4.78, 5) is 0. The summed E-state index contributed by atoms with van der Waals surface area (Å²) in [5.74, 6) is 2.36. The van der Waals surface area contributed by atoms with Crippen molar-refractivity contribution in [3.63, 3.8) is 0 Å². The SMILES string of the molecule is CC1=C(c2[pH]cc(C)c2C)CC=C1. The Labute approximate surface area is 81.5 Å². The molecule has 0 aliphatic heterocycles. The van der Waals surface area contributed by atoms with Crippen LogP contribution in [0, 0.1) is 13.8 Å². The molecular weight excluding hydrogens is 175 g/mol. The molecule has 0 fully saturated rings. The van der Waals surface area contributed by atoms with Crippen LogP contribution in [0.25, 0.3) is 5.57 Å². The minimum absolute atomic E-state index is 0.900. The Hall–Kier alpha value is -0.740. The molecule has 0 saturated carbocycles. The number of hydrogen-bond donors (Lipinski definition) is 0. The van der Waals surface area contributed by atoms with Crippen LogP contribution < -0.4 is 0 Å². The molecule has 1 unspecified atom stereocenters. The maximum Gasteiger partial charge on any atom is -0.00209 e. The Balaban J connectivity index is 2.48. The molecule has 2 rings (SSSR count). The van der Waals surface area contributed by atoms with E-state index in [0.717, 1.165) is 14.6 Å². The highest BCUT2D eigenvalue weighted by Gasteiger charge is 2.11. The lowest BCUT2D eigenvalue weighted by atomic mass is 10.1. The van der Waals surface area contributed by atoms with E-state index in [0.29, 0.717) is 0 Å². The first kappa shape index (κ1) is 8.84. The number of hydrogen-bond acceptors (Lipinski definition) is 0. The normalized spacial score (nSPS) is 16.5. The van der Waals surface area contributed by atoms with E-state index in [1.807, 2.05) is 0 Å². The van der Waals surface area contributed by atoms with E-state index in [2.05, 4.69) is 38.7 Å². The van der Waals surface area contributed by atoms with Crippen LogP contribution in [0.1, 0.15) is 29.8 Å². The number of aryl methyl sites for hydroxylation is 1. The fraction of sp³-hybridized carbons (Fsp3) is 0.333. The zero-order valence-electron chi connectivity index (χ0n) is 8.44. The highest BCUT2D eigenvalue weighted by Crippen LogP contribution is 2.38. The molecule has 0 spiro atoms. The quantitative estimate of drug-likeness (QED) is 0.626. The second kappa shape index (κ2) is 3.20. The summed E-state index contributed by atoms with van der Waals surface area (Å²) in [6.45, 7) is 6.69. The van der Waals surface area contributed by atoms with Crippen molar-refractivity contribution >= 4 is 13.8 Å². The van der Waals surface area contributed by atoms with Gasteiger partial charge >= 0.3 is 0 Å². The Kier molecular flexibility index (Phi) is 2.17. The van der Waals surface area contributed by atoms with Crippen LogP contribution in [0.5, 0.6) is 0 Å². The summed E-state index contributed by atoms with van der Waals surface area (Å²) in [7, 11) is 0.900. The van der Waals surface area contributed by atoms with E-state index in [-0.39, 0.29) is 0 Å². The van der Waals surface area contributed by atoms with Crippen LogP contribution in [0.3, 0.4) is 0 Å².